The van der Waals surface area contributed by atoms with Gasteiger partial charge in [-0.2, -0.15) is 10.3 Å². The van der Waals surface area contributed by atoms with Crippen molar-refractivity contribution >= 4 is 17.7 Å². The quantitative estimate of drug-likeness (QED) is 0.517. The van der Waals surface area contributed by atoms with Crippen molar-refractivity contribution in [2.45, 2.75) is 31.6 Å². The van der Waals surface area contributed by atoms with E-state index in [1.807, 2.05) is 29.3 Å². The third-order valence-corrected chi connectivity index (χ3v) is 7.03. The molecule has 0 aliphatic carbocycles. The van der Waals surface area contributed by atoms with Crippen molar-refractivity contribution in [2.24, 2.45) is 16.8 Å². The number of hydrogen-bond donors (Lipinski definition) is 0. The van der Waals surface area contributed by atoms with E-state index >= 15 is 0 Å². The number of ether oxygens (including phenoxy) is 1. The zero-order chi connectivity index (χ0) is 22.5. The lowest BCUT2D eigenvalue weighted by Gasteiger charge is -2.39. The van der Waals surface area contributed by atoms with E-state index in [0.717, 1.165) is 44.7 Å². The van der Waals surface area contributed by atoms with Gasteiger partial charge in [-0.05, 0) is 24.8 Å². The van der Waals surface area contributed by atoms with Crippen molar-refractivity contribution in [2.75, 3.05) is 46.5 Å². The van der Waals surface area contributed by atoms with Crippen LogP contribution < -0.4 is 0 Å². The van der Waals surface area contributed by atoms with E-state index in [-0.39, 0.29) is 17.8 Å². The smallest absolute Gasteiger partial charge is 0.310 e. The Labute approximate surface area is 189 Å². The molecule has 3 aliphatic heterocycles. The van der Waals surface area contributed by atoms with Crippen LogP contribution in [0.15, 0.2) is 35.3 Å². The summed E-state index contributed by atoms with van der Waals surface area (Å²) in [6.45, 7) is 4.13. The molecular formula is C24H31N5O3. The Balaban J connectivity index is 1.40. The lowest BCUT2D eigenvalue weighted by molar-refractivity contribution is -0.156. The predicted octanol–water partition coefficient (Wildman–Crippen LogP) is 2.05. The van der Waals surface area contributed by atoms with Crippen molar-refractivity contribution in [3.05, 3.63) is 35.9 Å². The molecule has 4 rings (SSSR count). The zero-order valence-corrected chi connectivity index (χ0v) is 18.7. The fourth-order valence-electron chi connectivity index (χ4n) is 5.32. The molecule has 3 heterocycles. The topological polar surface area (TPSA) is 89.2 Å². The first kappa shape index (κ1) is 22.3. The second kappa shape index (κ2) is 10.1. The molecule has 170 valence electrons. The molecule has 1 amide bonds. The molecule has 3 saturated heterocycles. The Morgan fingerprint density at radius 2 is 1.94 bits per heavy atom. The molecule has 32 heavy (non-hydrogen) atoms. The second-order valence-electron chi connectivity index (χ2n) is 8.92. The van der Waals surface area contributed by atoms with Crippen molar-refractivity contribution in [3.63, 3.8) is 0 Å². The van der Waals surface area contributed by atoms with Crippen molar-refractivity contribution in [3.8, 4) is 6.19 Å². The molecule has 8 heteroatoms. The van der Waals surface area contributed by atoms with Crippen LogP contribution >= 0.6 is 0 Å². The average molecular weight is 438 g/mol. The van der Waals surface area contributed by atoms with Gasteiger partial charge < -0.3 is 14.5 Å². The van der Waals surface area contributed by atoms with Gasteiger partial charge in [0.05, 0.1) is 25.6 Å². The number of benzene rings is 1. The number of aliphatic imine (C=N–C) groups is 1. The number of piperidine rings is 1. The van der Waals surface area contributed by atoms with Crippen LogP contribution in [0.5, 0.6) is 0 Å². The second-order valence-corrected chi connectivity index (χ2v) is 8.92. The van der Waals surface area contributed by atoms with Gasteiger partial charge in [-0.15, -0.1) is 0 Å². The number of carbonyl (C=O) groups is 2. The Hall–Kier alpha value is -2.92. The molecule has 0 saturated carbocycles. The Morgan fingerprint density at radius 1 is 1.12 bits per heavy atom. The van der Waals surface area contributed by atoms with Gasteiger partial charge >= 0.3 is 5.97 Å². The SMILES string of the molecule is COC(=O)[C@H]1CN(CN2CCC/C2=N\C#N)CC[C@@H]1C(=O)N1CC[C@H](c2ccccc2)C1. The fraction of sp³-hybridized carbons (Fsp3) is 0.583. The Kier molecular flexibility index (Phi) is 7.05. The van der Waals surface area contributed by atoms with Gasteiger partial charge in [-0.1, -0.05) is 30.3 Å². The van der Waals surface area contributed by atoms with Crippen LogP contribution in [0.3, 0.4) is 0 Å². The number of amidine groups is 1. The van der Waals surface area contributed by atoms with Gasteiger partial charge in [0.2, 0.25) is 12.1 Å². The van der Waals surface area contributed by atoms with Crippen LogP contribution in [0.2, 0.25) is 0 Å². The highest BCUT2D eigenvalue weighted by Gasteiger charge is 2.43. The summed E-state index contributed by atoms with van der Waals surface area (Å²) >= 11 is 0. The first-order valence-electron chi connectivity index (χ1n) is 11.4. The van der Waals surface area contributed by atoms with Crippen molar-refractivity contribution < 1.29 is 14.3 Å². The van der Waals surface area contributed by atoms with Crippen molar-refractivity contribution in [1.29, 1.82) is 5.26 Å². The van der Waals surface area contributed by atoms with Gasteiger partial charge in [-0.3, -0.25) is 14.5 Å². The number of rotatable bonds is 5. The van der Waals surface area contributed by atoms with Crippen molar-refractivity contribution in [1.82, 2.24) is 14.7 Å². The number of carbonyl (C=O) groups excluding carboxylic acids is 2. The molecule has 0 unspecified atom stereocenters. The molecule has 3 aliphatic rings. The van der Waals surface area contributed by atoms with Crippen LogP contribution in [0, 0.1) is 23.3 Å². The molecule has 0 spiro atoms. The zero-order valence-electron chi connectivity index (χ0n) is 18.7. The number of hydrogen-bond acceptors (Lipinski definition) is 6. The third-order valence-electron chi connectivity index (χ3n) is 7.03. The van der Waals surface area contributed by atoms with E-state index in [2.05, 4.69) is 26.9 Å². The summed E-state index contributed by atoms with van der Waals surface area (Å²) in [5.41, 5.74) is 1.27. The van der Waals surface area contributed by atoms with E-state index in [9.17, 15) is 9.59 Å². The number of esters is 1. The molecule has 3 fully saturated rings. The number of nitrogens with zero attached hydrogens (tertiary/aromatic N) is 5. The lowest BCUT2D eigenvalue weighted by atomic mass is 9.84. The van der Waals surface area contributed by atoms with E-state index in [0.29, 0.717) is 32.1 Å². The summed E-state index contributed by atoms with van der Waals surface area (Å²) in [5.74, 6) is 0.0924. The number of amides is 1. The molecule has 3 atom stereocenters. The maximum absolute atomic E-state index is 13.4. The highest BCUT2D eigenvalue weighted by Crippen LogP contribution is 2.32. The first-order valence-corrected chi connectivity index (χ1v) is 11.4. The van der Waals surface area contributed by atoms with Crippen LogP contribution in [-0.4, -0.2) is 78.9 Å². The normalized spacial score (nSPS) is 27.5. The van der Waals surface area contributed by atoms with E-state index < -0.39 is 5.92 Å². The van der Waals surface area contributed by atoms with Gasteiger partial charge in [-0.25, -0.2) is 0 Å². The van der Waals surface area contributed by atoms with Crippen LogP contribution in [0.1, 0.15) is 37.2 Å². The summed E-state index contributed by atoms with van der Waals surface area (Å²) in [6.07, 6.45) is 5.25. The van der Waals surface area contributed by atoms with E-state index in [4.69, 9.17) is 10.00 Å². The third kappa shape index (κ3) is 4.78. The molecule has 0 bridgehead atoms. The molecular weight excluding hydrogens is 406 g/mol. The standard InChI is InChI=1S/C24H31N5O3/c1-32-24(31)21-15-27(17-29-11-5-8-22(29)26-16-25)12-10-20(21)23(30)28-13-9-19(14-28)18-6-3-2-4-7-18/h2-4,6-7,19-21H,5,8-15,17H2,1H3/b26-22+/t19-,20-,21-/m0/s1. The van der Waals surface area contributed by atoms with Gasteiger partial charge in [0.1, 0.15) is 5.84 Å². The van der Waals surface area contributed by atoms with Crippen LogP contribution in [0.25, 0.3) is 0 Å². The summed E-state index contributed by atoms with van der Waals surface area (Å²) in [5, 5.41) is 8.91. The molecule has 0 N–H and O–H groups in total. The molecule has 1 aromatic rings. The first-order chi connectivity index (χ1) is 15.6. The maximum Gasteiger partial charge on any atom is 0.310 e. The predicted molar refractivity (Wildman–Crippen MR) is 119 cm³/mol. The molecule has 0 aromatic heterocycles. The fourth-order valence-corrected chi connectivity index (χ4v) is 5.32. The number of likely N-dealkylation sites (tertiary alicyclic amines) is 3. The van der Waals surface area contributed by atoms with E-state index in [1.54, 1.807) is 0 Å². The van der Waals surface area contributed by atoms with Crippen LogP contribution in [-0.2, 0) is 14.3 Å². The van der Waals surface area contributed by atoms with Gasteiger partial charge in [0.15, 0.2) is 0 Å². The Bertz CT molecular complexity index is 897. The minimum atomic E-state index is -0.476. The summed E-state index contributed by atoms with van der Waals surface area (Å²) in [6, 6.07) is 10.3. The van der Waals surface area contributed by atoms with Gasteiger partial charge in [0, 0.05) is 45.1 Å². The highest BCUT2D eigenvalue weighted by atomic mass is 16.5. The lowest BCUT2D eigenvalue weighted by Crippen LogP contribution is -2.52. The highest BCUT2D eigenvalue weighted by molar-refractivity contribution is 5.86. The maximum atomic E-state index is 13.4. The largest absolute Gasteiger partial charge is 0.469 e. The van der Waals surface area contributed by atoms with E-state index in [1.165, 1.54) is 12.7 Å². The summed E-state index contributed by atoms with van der Waals surface area (Å²) in [4.78, 5) is 36.2. The molecule has 0 radical (unpaired) electrons. The molecule has 1 aromatic carbocycles. The summed E-state index contributed by atoms with van der Waals surface area (Å²) in [7, 11) is 1.39. The minimum absolute atomic E-state index is 0.0754. The number of nitriles is 1. The summed E-state index contributed by atoms with van der Waals surface area (Å²) < 4.78 is 5.08. The minimum Gasteiger partial charge on any atom is -0.469 e. The average Bonchev–Trinajstić information content (AvgIpc) is 3.49. The Morgan fingerprint density at radius 3 is 2.69 bits per heavy atom. The van der Waals surface area contributed by atoms with Gasteiger partial charge in [0.25, 0.3) is 0 Å². The monoisotopic (exact) mass is 437 g/mol. The van der Waals surface area contributed by atoms with Crippen LogP contribution in [0.4, 0.5) is 0 Å². The number of methoxy groups -OCH3 is 1. The molecule has 8 nitrogen and oxygen atoms in total.